The number of hydrogen-bond donors (Lipinski definition) is 0. The number of anilines is 1. The minimum atomic E-state index is -3.68. The summed E-state index contributed by atoms with van der Waals surface area (Å²) in [6, 6.07) is 11.1. The molecule has 1 aliphatic rings. The van der Waals surface area contributed by atoms with Crippen molar-refractivity contribution < 1.29 is 13.2 Å². The highest BCUT2D eigenvalue weighted by Crippen LogP contribution is 2.33. The normalized spacial score (nSPS) is 15.3. The number of nitrogens with zero attached hydrogens (tertiary/aromatic N) is 6. The van der Waals surface area contributed by atoms with Crippen molar-refractivity contribution in [3.63, 3.8) is 0 Å². The van der Waals surface area contributed by atoms with Crippen LogP contribution in [-0.2, 0) is 10.0 Å². The van der Waals surface area contributed by atoms with E-state index in [-0.39, 0.29) is 0 Å². The van der Waals surface area contributed by atoms with Crippen molar-refractivity contribution in [3.8, 4) is 16.9 Å². The topological polar surface area (TPSA) is 92.9 Å². The maximum atomic E-state index is 13.6. The predicted octanol–water partition coefficient (Wildman–Crippen LogP) is 3.97. The molecule has 0 spiro atoms. The van der Waals surface area contributed by atoms with E-state index >= 15 is 0 Å². The first-order valence-corrected chi connectivity index (χ1v) is 13.5. The molecule has 188 valence electrons. The van der Waals surface area contributed by atoms with E-state index in [1.165, 1.54) is 6.33 Å². The van der Waals surface area contributed by atoms with Gasteiger partial charge in [0.25, 0.3) is 5.78 Å². The number of hydrogen-bond acceptors (Lipinski definition) is 7. The Morgan fingerprint density at radius 1 is 0.972 bits per heavy atom. The number of aryl methyl sites for hydroxylation is 2. The number of aromatic nitrogens is 4. The molecule has 2 aromatic heterocycles. The Bertz CT molecular complexity index is 1520. The van der Waals surface area contributed by atoms with Crippen LogP contribution in [0.5, 0.6) is 5.75 Å². The van der Waals surface area contributed by atoms with Crippen molar-refractivity contribution in [3.05, 3.63) is 65.1 Å². The van der Waals surface area contributed by atoms with Gasteiger partial charge >= 0.3 is 0 Å². The zero-order valence-corrected chi connectivity index (χ0v) is 21.9. The quantitative estimate of drug-likeness (QED) is 0.388. The highest BCUT2D eigenvalue weighted by molar-refractivity contribution is 7.89. The number of sulfonamides is 1. The number of ether oxygens (including phenoxy) is 1. The maximum Gasteiger partial charge on any atom is 0.254 e. The molecule has 0 N–H and O–H groups in total. The fraction of sp³-hybridized carbons (Fsp3) is 0.320. The van der Waals surface area contributed by atoms with Gasteiger partial charge in [-0.3, -0.25) is 0 Å². The van der Waals surface area contributed by atoms with Gasteiger partial charge in [0.05, 0.1) is 12.0 Å². The van der Waals surface area contributed by atoms with E-state index in [0.717, 1.165) is 28.3 Å². The number of halogens is 1. The monoisotopic (exact) mass is 526 g/mol. The Hall–Kier alpha value is -3.21. The molecule has 11 heteroatoms. The van der Waals surface area contributed by atoms with E-state index in [9.17, 15) is 8.42 Å². The highest BCUT2D eigenvalue weighted by atomic mass is 35.5. The summed E-state index contributed by atoms with van der Waals surface area (Å²) >= 11 is 6.21. The molecule has 36 heavy (non-hydrogen) atoms. The van der Waals surface area contributed by atoms with E-state index in [1.807, 2.05) is 31.2 Å². The second-order valence-corrected chi connectivity index (χ2v) is 11.1. The summed E-state index contributed by atoms with van der Waals surface area (Å²) < 4.78 is 35.8. The van der Waals surface area contributed by atoms with Crippen LogP contribution in [0.1, 0.15) is 17.5 Å². The molecule has 2 aromatic carbocycles. The molecule has 5 rings (SSSR count). The van der Waals surface area contributed by atoms with Crippen molar-refractivity contribution in [2.45, 2.75) is 25.2 Å². The van der Waals surface area contributed by atoms with Gasteiger partial charge < -0.3 is 9.64 Å². The number of rotatable bonds is 5. The molecule has 0 atom stereocenters. The summed E-state index contributed by atoms with van der Waals surface area (Å²) in [6.07, 6.45) is 3.93. The summed E-state index contributed by atoms with van der Waals surface area (Å²) in [5, 5.41) is 4.99. The molecule has 3 heterocycles. The minimum absolute atomic E-state index is 0.305. The average molecular weight is 527 g/mol. The molecule has 0 unspecified atom stereocenters. The molecule has 0 radical (unpaired) electrons. The average Bonchev–Trinajstić information content (AvgIpc) is 3.21. The van der Waals surface area contributed by atoms with Gasteiger partial charge in [0.2, 0.25) is 10.0 Å². The van der Waals surface area contributed by atoms with Gasteiger partial charge in [-0.1, -0.05) is 23.7 Å². The molecule has 4 aromatic rings. The van der Waals surface area contributed by atoms with Crippen molar-refractivity contribution in [1.29, 1.82) is 0 Å². The molecular formula is C25H27ClN6O3S. The van der Waals surface area contributed by atoms with Crippen LogP contribution < -0.4 is 9.64 Å². The predicted molar refractivity (Wildman–Crippen MR) is 139 cm³/mol. The smallest absolute Gasteiger partial charge is 0.254 e. The van der Waals surface area contributed by atoms with E-state index in [4.69, 9.17) is 16.3 Å². The molecule has 1 fully saturated rings. The van der Waals surface area contributed by atoms with Gasteiger partial charge in [-0.15, -0.1) is 0 Å². The van der Waals surface area contributed by atoms with Crippen LogP contribution in [0, 0.1) is 13.8 Å². The van der Waals surface area contributed by atoms with E-state index in [2.05, 4.69) is 20.0 Å². The summed E-state index contributed by atoms with van der Waals surface area (Å²) in [5.74, 6) is 2.09. The van der Waals surface area contributed by atoms with Crippen LogP contribution in [-0.4, -0.2) is 65.6 Å². The molecule has 1 saturated heterocycles. The second-order valence-electron chi connectivity index (χ2n) is 8.81. The van der Waals surface area contributed by atoms with Crippen LogP contribution in [0.2, 0.25) is 5.02 Å². The van der Waals surface area contributed by atoms with Crippen LogP contribution in [0.15, 0.2) is 53.8 Å². The van der Waals surface area contributed by atoms with Gasteiger partial charge in [0, 0.05) is 43.0 Å². The zero-order valence-electron chi connectivity index (χ0n) is 20.3. The molecule has 0 bridgehead atoms. The fourth-order valence-electron chi connectivity index (χ4n) is 4.56. The van der Waals surface area contributed by atoms with Crippen molar-refractivity contribution in [2.75, 3.05) is 38.2 Å². The van der Waals surface area contributed by atoms with Gasteiger partial charge in [-0.05, 0) is 61.2 Å². The molecular weight excluding hydrogens is 500 g/mol. The summed E-state index contributed by atoms with van der Waals surface area (Å²) in [5.41, 5.74) is 3.23. The molecule has 9 nitrogen and oxygen atoms in total. The lowest BCUT2D eigenvalue weighted by atomic mass is 10.1. The number of methoxy groups -OCH3 is 1. The Balaban J connectivity index is 1.49. The second kappa shape index (κ2) is 9.68. The maximum absolute atomic E-state index is 13.6. The molecule has 1 aliphatic heterocycles. The van der Waals surface area contributed by atoms with Crippen LogP contribution in [0.3, 0.4) is 0 Å². The summed E-state index contributed by atoms with van der Waals surface area (Å²) in [6.45, 7) is 5.51. The SMILES string of the molecule is COc1ccc(-c2cnc3ncnn3c2N2CCCN(S(=O)(=O)c3cc(C)c(Cl)cc3C)CC2)cc1. The Kier molecular flexibility index (Phi) is 6.59. The largest absolute Gasteiger partial charge is 0.497 e. The third-order valence-electron chi connectivity index (χ3n) is 6.51. The van der Waals surface area contributed by atoms with Crippen LogP contribution in [0.4, 0.5) is 5.82 Å². The lowest BCUT2D eigenvalue weighted by molar-refractivity contribution is 0.415. The Labute approximate surface area is 215 Å². The van der Waals surface area contributed by atoms with Gasteiger partial charge in [-0.25, -0.2) is 13.4 Å². The summed E-state index contributed by atoms with van der Waals surface area (Å²) in [4.78, 5) is 11.2. The zero-order chi connectivity index (χ0) is 25.4. The van der Waals surface area contributed by atoms with Gasteiger partial charge in [-0.2, -0.15) is 18.9 Å². The Morgan fingerprint density at radius 3 is 2.50 bits per heavy atom. The molecule has 0 saturated carbocycles. The lowest BCUT2D eigenvalue weighted by Gasteiger charge is -2.26. The first-order chi connectivity index (χ1) is 17.3. The van der Waals surface area contributed by atoms with Crippen LogP contribution in [0.25, 0.3) is 16.9 Å². The molecule has 0 aliphatic carbocycles. The molecule has 0 amide bonds. The van der Waals surface area contributed by atoms with E-state index in [1.54, 1.807) is 41.2 Å². The van der Waals surface area contributed by atoms with Gasteiger partial charge in [0.1, 0.15) is 17.9 Å². The fourth-order valence-corrected chi connectivity index (χ4v) is 6.54. The first kappa shape index (κ1) is 24.5. The first-order valence-electron chi connectivity index (χ1n) is 11.6. The highest BCUT2D eigenvalue weighted by Gasteiger charge is 2.30. The van der Waals surface area contributed by atoms with Gasteiger partial charge in [0.15, 0.2) is 0 Å². The van der Waals surface area contributed by atoms with Crippen LogP contribution >= 0.6 is 11.6 Å². The van der Waals surface area contributed by atoms with Crippen molar-refractivity contribution in [2.24, 2.45) is 0 Å². The van der Waals surface area contributed by atoms with Crippen molar-refractivity contribution >= 4 is 33.2 Å². The third-order valence-corrected chi connectivity index (χ3v) is 8.96. The minimum Gasteiger partial charge on any atom is -0.497 e. The van der Waals surface area contributed by atoms with Crippen molar-refractivity contribution in [1.82, 2.24) is 23.9 Å². The Morgan fingerprint density at radius 2 is 1.75 bits per heavy atom. The third kappa shape index (κ3) is 4.40. The van der Waals surface area contributed by atoms with E-state index in [0.29, 0.717) is 53.9 Å². The summed E-state index contributed by atoms with van der Waals surface area (Å²) in [7, 11) is -2.04. The lowest BCUT2D eigenvalue weighted by Crippen LogP contribution is -2.36. The van der Waals surface area contributed by atoms with E-state index < -0.39 is 10.0 Å². The number of benzene rings is 2. The number of fused-ring (bicyclic) bond motifs is 1. The standard InChI is InChI=1S/C25H27ClN6O3S/c1-17-14-23(18(2)13-22(17)26)36(33,34)31-10-4-9-30(11-12-31)24-21(15-27-25-28-16-29-32(24)25)19-5-7-20(35-3)8-6-19/h5-8,13-16H,4,9-12H2,1-3H3.